The Kier molecular flexibility index (Phi) is 3.42. The Bertz CT molecular complexity index is 754. The van der Waals surface area contributed by atoms with E-state index >= 15 is 0 Å². The van der Waals surface area contributed by atoms with Crippen LogP contribution in [-0.2, 0) is 0 Å². The van der Waals surface area contributed by atoms with Crippen LogP contribution in [0.15, 0.2) is 59.3 Å². The molecule has 6 heteroatoms. The Hall–Kier alpha value is -3.02. The highest BCUT2D eigenvalue weighted by atomic mass is 19.1. The number of aromatic nitrogens is 2. The van der Waals surface area contributed by atoms with E-state index in [2.05, 4.69) is 15.3 Å². The fraction of sp³-hybridized carbons (Fsp3) is 0. The van der Waals surface area contributed by atoms with Gasteiger partial charge >= 0.3 is 0 Å². The average Bonchev–Trinajstić information content (AvgIpc) is 3.00. The van der Waals surface area contributed by atoms with Crippen LogP contribution in [0.25, 0.3) is 11.6 Å². The SMILES string of the molecule is O=C(Nc1ccc(F)cc1)c1coc(-c2ccccn2)n1. The van der Waals surface area contributed by atoms with Crippen molar-refractivity contribution in [2.45, 2.75) is 0 Å². The molecule has 0 radical (unpaired) electrons. The number of carbonyl (C=O) groups is 1. The summed E-state index contributed by atoms with van der Waals surface area (Å²) in [5, 5.41) is 2.60. The summed E-state index contributed by atoms with van der Waals surface area (Å²) in [5.41, 5.74) is 1.14. The lowest BCUT2D eigenvalue weighted by molar-refractivity contribution is 0.102. The van der Waals surface area contributed by atoms with Gasteiger partial charge in [-0.2, -0.15) is 0 Å². The smallest absolute Gasteiger partial charge is 0.277 e. The van der Waals surface area contributed by atoms with E-state index in [1.165, 1.54) is 30.5 Å². The van der Waals surface area contributed by atoms with Crippen LogP contribution < -0.4 is 5.32 Å². The van der Waals surface area contributed by atoms with Crippen LogP contribution in [0, 0.1) is 5.82 Å². The monoisotopic (exact) mass is 283 g/mol. The van der Waals surface area contributed by atoms with Gasteiger partial charge in [0.2, 0.25) is 5.89 Å². The Morgan fingerprint density at radius 1 is 1.14 bits per heavy atom. The van der Waals surface area contributed by atoms with Crippen molar-refractivity contribution in [1.29, 1.82) is 0 Å². The third kappa shape index (κ3) is 2.94. The number of amides is 1. The van der Waals surface area contributed by atoms with Gasteiger partial charge in [-0.05, 0) is 36.4 Å². The molecule has 0 bridgehead atoms. The van der Waals surface area contributed by atoms with Gasteiger partial charge in [0, 0.05) is 11.9 Å². The number of hydrogen-bond acceptors (Lipinski definition) is 4. The van der Waals surface area contributed by atoms with Gasteiger partial charge in [0.15, 0.2) is 5.69 Å². The zero-order valence-electron chi connectivity index (χ0n) is 10.8. The second-order valence-electron chi connectivity index (χ2n) is 4.21. The molecule has 0 fully saturated rings. The Labute approximate surface area is 119 Å². The molecule has 1 amide bonds. The number of anilines is 1. The summed E-state index contributed by atoms with van der Waals surface area (Å²) in [7, 11) is 0. The summed E-state index contributed by atoms with van der Waals surface area (Å²) in [6.45, 7) is 0. The number of benzene rings is 1. The lowest BCUT2D eigenvalue weighted by Crippen LogP contribution is -2.12. The van der Waals surface area contributed by atoms with Crippen molar-refractivity contribution in [3.8, 4) is 11.6 Å². The zero-order valence-corrected chi connectivity index (χ0v) is 10.8. The molecule has 0 aliphatic rings. The van der Waals surface area contributed by atoms with E-state index in [1.807, 2.05) is 0 Å². The second-order valence-corrected chi connectivity index (χ2v) is 4.21. The van der Waals surface area contributed by atoms with E-state index in [-0.39, 0.29) is 17.4 Å². The molecule has 0 saturated heterocycles. The maximum absolute atomic E-state index is 12.8. The van der Waals surface area contributed by atoms with Crippen molar-refractivity contribution in [1.82, 2.24) is 9.97 Å². The van der Waals surface area contributed by atoms with Crippen LogP contribution in [0.2, 0.25) is 0 Å². The maximum atomic E-state index is 12.8. The Morgan fingerprint density at radius 3 is 2.67 bits per heavy atom. The molecule has 0 aliphatic carbocycles. The molecule has 0 unspecified atom stereocenters. The van der Waals surface area contributed by atoms with Crippen molar-refractivity contribution in [2.75, 3.05) is 5.32 Å². The van der Waals surface area contributed by atoms with Gasteiger partial charge in [0.25, 0.3) is 5.91 Å². The van der Waals surface area contributed by atoms with Gasteiger partial charge < -0.3 is 9.73 Å². The van der Waals surface area contributed by atoms with Gasteiger partial charge in [0.05, 0.1) is 0 Å². The summed E-state index contributed by atoms with van der Waals surface area (Å²) in [6.07, 6.45) is 2.86. The summed E-state index contributed by atoms with van der Waals surface area (Å²) in [4.78, 5) is 20.2. The largest absolute Gasteiger partial charge is 0.442 e. The first-order chi connectivity index (χ1) is 10.2. The van der Waals surface area contributed by atoms with Gasteiger partial charge in [0.1, 0.15) is 17.8 Å². The minimum atomic E-state index is -0.437. The Morgan fingerprint density at radius 2 is 1.95 bits per heavy atom. The molecule has 0 aliphatic heterocycles. The van der Waals surface area contributed by atoms with E-state index in [0.717, 1.165) is 0 Å². The van der Waals surface area contributed by atoms with Crippen LogP contribution in [-0.4, -0.2) is 15.9 Å². The van der Waals surface area contributed by atoms with Gasteiger partial charge in [-0.1, -0.05) is 6.07 Å². The summed E-state index contributed by atoms with van der Waals surface area (Å²) in [5.74, 6) is -0.542. The fourth-order valence-corrected chi connectivity index (χ4v) is 1.71. The van der Waals surface area contributed by atoms with E-state index < -0.39 is 5.91 Å². The van der Waals surface area contributed by atoms with Crippen molar-refractivity contribution in [3.63, 3.8) is 0 Å². The number of pyridine rings is 1. The van der Waals surface area contributed by atoms with Gasteiger partial charge in [-0.15, -0.1) is 0 Å². The van der Waals surface area contributed by atoms with Crippen molar-refractivity contribution in [2.24, 2.45) is 0 Å². The molecule has 0 atom stereocenters. The van der Waals surface area contributed by atoms with E-state index in [9.17, 15) is 9.18 Å². The highest BCUT2D eigenvalue weighted by molar-refractivity contribution is 6.02. The quantitative estimate of drug-likeness (QED) is 0.801. The third-order valence-corrected chi connectivity index (χ3v) is 2.72. The van der Waals surface area contributed by atoms with E-state index in [0.29, 0.717) is 11.4 Å². The molecule has 1 N–H and O–H groups in total. The number of rotatable bonds is 3. The standard InChI is InChI=1S/C15H10FN3O2/c16-10-4-6-11(7-5-10)18-14(20)13-9-21-15(19-13)12-3-1-2-8-17-12/h1-9H,(H,18,20). The van der Waals surface area contributed by atoms with Crippen LogP contribution >= 0.6 is 0 Å². The molecule has 0 spiro atoms. The highest BCUT2D eigenvalue weighted by Crippen LogP contribution is 2.16. The van der Waals surface area contributed by atoms with Crippen molar-refractivity contribution >= 4 is 11.6 Å². The summed E-state index contributed by atoms with van der Waals surface area (Å²) >= 11 is 0. The van der Waals surface area contributed by atoms with E-state index in [1.54, 1.807) is 24.4 Å². The number of nitrogens with one attached hydrogen (secondary N) is 1. The first-order valence-corrected chi connectivity index (χ1v) is 6.16. The fourth-order valence-electron chi connectivity index (χ4n) is 1.71. The van der Waals surface area contributed by atoms with Crippen molar-refractivity contribution in [3.05, 3.63) is 66.4 Å². The normalized spacial score (nSPS) is 10.3. The topological polar surface area (TPSA) is 68.0 Å². The van der Waals surface area contributed by atoms with Gasteiger partial charge in [-0.3, -0.25) is 9.78 Å². The molecule has 5 nitrogen and oxygen atoms in total. The minimum absolute atomic E-state index is 0.125. The van der Waals surface area contributed by atoms with Crippen LogP contribution in [0.5, 0.6) is 0 Å². The Balaban J connectivity index is 1.77. The third-order valence-electron chi connectivity index (χ3n) is 2.72. The molecule has 0 saturated carbocycles. The molecule has 3 aromatic rings. The molecule has 3 rings (SSSR count). The number of nitrogens with zero attached hydrogens (tertiary/aromatic N) is 2. The lowest BCUT2D eigenvalue weighted by Gasteiger charge is -2.01. The predicted octanol–water partition coefficient (Wildman–Crippen LogP) is 3.13. The van der Waals surface area contributed by atoms with E-state index in [4.69, 9.17) is 4.42 Å². The number of carbonyl (C=O) groups excluding carboxylic acids is 1. The average molecular weight is 283 g/mol. The van der Waals surface area contributed by atoms with Crippen LogP contribution in [0.3, 0.4) is 0 Å². The highest BCUT2D eigenvalue weighted by Gasteiger charge is 2.14. The van der Waals surface area contributed by atoms with Crippen LogP contribution in [0.1, 0.15) is 10.5 Å². The summed E-state index contributed by atoms with van der Waals surface area (Å²) in [6, 6.07) is 10.8. The molecular formula is C15H10FN3O2. The van der Waals surface area contributed by atoms with Gasteiger partial charge in [-0.25, -0.2) is 9.37 Å². The predicted molar refractivity (Wildman–Crippen MR) is 74.1 cm³/mol. The first kappa shape index (κ1) is 13.0. The molecule has 2 aromatic heterocycles. The number of halogens is 1. The van der Waals surface area contributed by atoms with Crippen molar-refractivity contribution < 1.29 is 13.6 Å². The molecular weight excluding hydrogens is 273 g/mol. The maximum Gasteiger partial charge on any atom is 0.277 e. The minimum Gasteiger partial charge on any atom is -0.442 e. The molecule has 2 heterocycles. The number of hydrogen-bond donors (Lipinski definition) is 1. The lowest BCUT2D eigenvalue weighted by atomic mass is 10.3. The molecule has 1 aromatic carbocycles. The zero-order chi connectivity index (χ0) is 14.7. The molecule has 21 heavy (non-hydrogen) atoms. The summed E-state index contributed by atoms with van der Waals surface area (Å²) < 4.78 is 18.0. The van der Waals surface area contributed by atoms with Crippen LogP contribution in [0.4, 0.5) is 10.1 Å². The molecule has 104 valence electrons. The number of oxazole rings is 1. The first-order valence-electron chi connectivity index (χ1n) is 6.16. The second kappa shape index (κ2) is 5.54.